The van der Waals surface area contributed by atoms with Crippen molar-refractivity contribution in [1.29, 1.82) is 0 Å². The van der Waals surface area contributed by atoms with Gasteiger partial charge < -0.3 is 11.1 Å². The fourth-order valence-corrected chi connectivity index (χ4v) is 1.16. The summed E-state index contributed by atoms with van der Waals surface area (Å²) in [4.78, 5) is 14.1. The minimum absolute atomic E-state index is 0.0425. The largest absolute Gasteiger partial charge is 0.383 e. The lowest BCUT2D eigenvalue weighted by molar-refractivity contribution is -0.384. The second-order valence-corrected chi connectivity index (χ2v) is 3.79. The molecule has 0 amide bonds. The molecule has 1 heterocycles. The van der Waals surface area contributed by atoms with Gasteiger partial charge in [0.15, 0.2) is 0 Å². The molecule has 0 aliphatic rings. The normalized spacial score (nSPS) is 12.1. The SMILES string of the molecule is CCC(C)CNc1cc([N+](=O)[O-])cc(N)n1. The Morgan fingerprint density at radius 1 is 1.62 bits per heavy atom. The average Bonchev–Trinajstić information content (AvgIpc) is 2.25. The van der Waals surface area contributed by atoms with Gasteiger partial charge in [-0.2, -0.15) is 0 Å². The van der Waals surface area contributed by atoms with Crippen molar-refractivity contribution in [2.24, 2.45) is 5.92 Å². The van der Waals surface area contributed by atoms with Gasteiger partial charge in [0.1, 0.15) is 11.6 Å². The molecule has 6 nitrogen and oxygen atoms in total. The van der Waals surface area contributed by atoms with Crippen LogP contribution in [0, 0.1) is 16.0 Å². The van der Waals surface area contributed by atoms with Crippen molar-refractivity contribution in [3.05, 3.63) is 22.2 Å². The molecule has 1 aromatic heterocycles. The molecule has 88 valence electrons. The maximum atomic E-state index is 10.6. The molecule has 16 heavy (non-hydrogen) atoms. The van der Waals surface area contributed by atoms with E-state index in [1.807, 2.05) is 0 Å². The van der Waals surface area contributed by atoms with E-state index in [0.29, 0.717) is 11.7 Å². The Labute approximate surface area is 94.0 Å². The summed E-state index contributed by atoms with van der Waals surface area (Å²) in [6.07, 6.45) is 1.04. The van der Waals surface area contributed by atoms with Crippen LogP contribution in [0.25, 0.3) is 0 Å². The molecule has 0 spiro atoms. The molecule has 0 fully saturated rings. The molecule has 0 bridgehead atoms. The number of nitro groups is 1. The van der Waals surface area contributed by atoms with Crippen LogP contribution in [0.15, 0.2) is 12.1 Å². The quantitative estimate of drug-likeness (QED) is 0.589. The zero-order valence-electron chi connectivity index (χ0n) is 9.43. The van der Waals surface area contributed by atoms with Crippen LogP contribution in [-0.2, 0) is 0 Å². The molecule has 1 aromatic rings. The van der Waals surface area contributed by atoms with Crippen molar-refractivity contribution < 1.29 is 4.92 Å². The van der Waals surface area contributed by atoms with Crippen LogP contribution in [0.1, 0.15) is 20.3 Å². The second-order valence-electron chi connectivity index (χ2n) is 3.79. The minimum Gasteiger partial charge on any atom is -0.383 e. The van der Waals surface area contributed by atoms with Gasteiger partial charge in [-0.1, -0.05) is 20.3 Å². The highest BCUT2D eigenvalue weighted by molar-refractivity contribution is 5.52. The molecule has 6 heteroatoms. The molecule has 0 aliphatic heterocycles. The number of pyridine rings is 1. The number of anilines is 2. The van der Waals surface area contributed by atoms with E-state index in [0.717, 1.165) is 13.0 Å². The summed E-state index contributed by atoms with van der Waals surface area (Å²) in [5, 5.41) is 13.6. The highest BCUT2D eigenvalue weighted by Crippen LogP contribution is 2.18. The lowest BCUT2D eigenvalue weighted by atomic mass is 10.1. The molecule has 3 N–H and O–H groups in total. The van der Waals surface area contributed by atoms with E-state index in [1.54, 1.807) is 0 Å². The van der Waals surface area contributed by atoms with Gasteiger partial charge in [-0.3, -0.25) is 10.1 Å². The lowest BCUT2D eigenvalue weighted by Crippen LogP contribution is -2.12. The highest BCUT2D eigenvalue weighted by atomic mass is 16.6. The Morgan fingerprint density at radius 3 is 2.88 bits per heavy atom. The number of nitrogens with one attached hydrogen (secondary N) is 1. The van der Waals surface area contributed by atoms with Gasteiger partial charge in [0.2, 0.25) is 0 Å². The van der Waals surface area contributed by atoms with E-state index in [2.05, 4.69) is 24.1 Å². The smallest absolute Gasteiger partial charge is 0.276 e. The number of hydrogen-bond donors (Lipinski definition) is 2. The van der Waals surface area contributed by atoms with E-state index in [1.165, 1.54) is 12.1 Å². The van der Waals surface area contributed by atoms with Gasteiger partial charge in [-0.15, -0.1) is 0 Å². The van der Waals surface area contributed by atoms with Gasteiger partial charge in [-0.25, -0.2) is 4.98 Å². The number of aromatic nitrogens is 1. The molecule has 1 rings (SSSR count). The van der Waals surface area contributed by atoms with Crippen LogP contribution < -0.4 is 11.1 Å². The Balaban J connectivity index is 2.76. The van der Waals surface area contributed by atoms with Gasteiger partial charge >= 0.3 is 0 Å². The average molecular weight is 224 g/mol. The standard InChI is InChI=1S/C10H16N4O2/c1-3-7(2)6-12-10-5-8(14(15)16)4-9(11)13-10/h4-5,7H,3,6H2,1-2H3,(H3,11,12,13). The first-order chi connectivity index (χ1) is 7.52. The van der Waals surface area contributed by atoms with Gasteiger partial charge in [0.05, 0.1) is 17.1 Å². The molecular formula is C10H16N4O2. The molecule has 0 saturated heterocycles. The van der Waals surface area contributed by atoms with Crippen LogP contribution >= 0.6 is 0 Å². The first-order valence-corrected chi connectivity index (χ1v) is 5.18. The summed E-state index contributed by atoms with van der Waals surface area (Å²) in [5.41, 5.74) is 5.44. The lowest BCUT2D eigenvalue weighted by Gasteiger charge is -2.10. The molecule has 1 unspecified atom stereocenters. The van der Waals surface area contributed by atoms with Gasteiger partial charge in [-0.05, 0) is 5.92 Å². The highest BCUT2D eigenvalue weighted by Gasteiger charge is 2.09. The van der Waals surface area contributed by atoms with Crippen LogP contribution in [-0.4, -0.2) is 16.5 Å². The Morgan fingerprint density at radius 2 is 2.31 bits per heavy atom. The van der Waals surface area contributed by atoms with Crippen LogP contribution in [0.4, 0.5) is 17.3 Å². The Kier molecular flexibility index (Phi) is 4.04. The fourth-order valence-electron chi connectivity index (χ4n) is 1.16. The first kappa shape index (κ1) is 12.2. The van der Waals surface area contributed by atoms with Crippen molar-refractivity contribution in [2.75, 3.05) is 17.6 Å². The van der Waals surface area contributed by atoms with E-state index >= 15 is 0 Å². The zero-order chi connectivity index (χ0) is 12.1. The summed E-state index contributed by atoms with van der Waals surface area (Å²) < 4.78 is 0. The van der Waals surface area contributed by atoms with Crippen molar-refractivity contribution in [1.82, 2.24) is 4.98 Å². The number of nitrogen functional groups attached to an aromatic ring is 1. The number of nitrogens with two attached hydrogens (primary N) is 1. The van der Waals surface area contributed by atoms with Crippen LogP contribution in [0.5, 0.6) is 0 Å². The maximum absolute atomic E-state index is 10.6. The summed E-state index contributed by atoms with van der Waals surface area (Å²) >= 11 is 0. The molecule has 0 radical (unpaired) electrons. The second kappa shape index (κ2) is 5.29. The van der Waals surface area contributed by atoms with E-state index in [-0.39, 0.29) is 11.5 Å². The molecule has 1 atom stereocenters. The summed E-state index contributed by atoms with van der Waals surface area (Å²) in [5.74, 6) is 1.09. The topological polar surface area (TPSA) is 94.1 Å². The predicted octanol–water partition coefficient (Wildman–Crippen LogP) is 2.03. The molecular weight excluding hydrogens is 208 g/mol. The third-order valence-electron chi connectivity index (χ3n) is 2.37. The van der Waals surface area contributed by atoms with Crippen molar-refractivity contribution in [3.63, 3.8) is 0 Å². The van der Waals surface area contributed by atoms with Crippen molar-refractivity contribution in [2.45, 2.75) is 20.3 Å². The van der Waals surface area contributed by atoms with Gasteiger partial charge in [0.25, 0.3) is 5.69 Å². The fraction of sp³-hybridized carbons (Fsp3) is 0.500. The maximum Gasteiger partial charge on any atom is 0.276 e. The summed E-state index contributed by atoms with van der Waals surface area (Å²) in [6, 6.07) is 2.63. The van der Waals surface area contributed by atoms with Crippen molar-refractivity contribution >= 4 is 17.3 Å². The Hall–Kier alpha value is -1.85. The first-order valence-electron chi connectivity index (χ1n) is 5.18. The zero-order valence-corrected chi connectivity index (χ0v) is 9.43. The third-order valence-corrected chi connectivity index (χ3v) is 2.37. The summed E-state index contributed by atoms with van der Waals surface area (Å²) in [6.45, 7) is 4.90. The number of nitrogens with zero attached hydrogens (tertiary/aromatic N) is 2. The molecule has 0 aromatic carbocycles. The monoisotopic (exact) mass is 224 g/mol. The third kappa shape index (κ3) is 3.38. The Bertz CT molecular complexity index is 381. The van der Waals surface area contributed by atoms with E-state index in [4.69, 9.17) is 5.73 Å². The number of hydrogen-bond acceptors (Lipinski definition) is 5. The molecule has 0 saturated carbocycles. The predicted molar refractivity (Wildman–Crippen MR) is 63.2 cm³/mol. The van der Waals surface area contributed by atoms with Crippen molar-refractivity contribution in [3.8, 4) is 0 Å². The minimum atomic E-state index is -0.480. The van der Waals surface area contributed by atoms with E-state index in [9.17, 15) is 10.1 Å². The molecule has 0 aliphatic carbocycles. The van der Waals surface area contributed by atoms with Crippen LogP contribution in [0.3, 0.4) is 0 Å². The van der Waals surface area contributed by atoms with Gasteiger partial charge in [0, 0.05) is 6.54 Å². The summed E-state index contributed by atoms with van der Waals surface area (Å²) in [7, 11) is 0. The number of rotatable bonds is 5. The van der Waals surface area contributed by atoms with E-state index < -0.39 is 4.92 Å². The van der Waals surface area contributed by atoms with Crippen LogP contribution in [0.2, 0.25) is 0 Å².